The van der Waals surface area contributed by atoms with Gasteiger partial charge in [0.15, 0.2) is 5.76 Å². The molecule has 0 spiro atoms. The molecule has 2 N–H and O–H groups in total. The molecule has 1 unspecified atom stereocenters. The Morgan fingerprint density at radius 3 is 2.10 bits per heavy atom. The molecule has 3 aromatic rings. The fourth-order valence-electron chi connectivity index (χ4n) is 2.47. The molecule has 1 amide bonds. The molecule has 0 aliphatic heterocycles. The van der Waals surface area contributed by atoms with E-state index >= 15 is 0 Å². The second-order valence-electron chi connectivity index (χ2n) is 6.25. The maximum Gasteiger partial charge on any atom is 0.337 e. The van der Waals surface area contributed by atoms with Crippen LogP contribution in [-0.2, 0) is 4.74 Å². The Morgan fingerprint density at radius 2 is 1.57 bits per heavy atom. The second kappa shape index (κ2) is 10.1. The Kier molecular flexibility index (Phi) is 7.07. The lowest BCUT2D eigenvalue weighted by atomic mass is 10.2. The van der Waals surface area contributed by atoms with Crippen molar-refractivity contribution in [3.8, 4) is 11.5 Å². The van der Waals surface area contributed by atoms with Crippen LogP contribution in [0.1, 0.15) is 20.9 Å². The van der Waals surface area contributed by atoms with Gasteiger partial charge in [-0.05, 0) is 60.7 Å². The molecule has 3 rings (SSSR count). The lowest BCUT2D eigenvalue weighted by Crippen LogP contribution is -2.25. The maximum absolute atomic E-state index is 11.9. The average molecular weight is 411 g/mol. The summed E-state index contributed by atoms with van der Waals surface area (Å²) >= 11 is 0. The third-order valence-corrected chi connectivity index (χ3v) is 4.02. The summed E-state index contributed by atoms with van der Waals surface area (Å²) in [4.78, 5) is 23.3. The van der Waals surface area contributed by atoms with Crippen molar-refractivity contribution in [1.29, 1.82) is 0 Å². The van der Waals surface area contributed by atoms with E-state index in [1.54, 1.807) is 60.7 Å². The van der Waals surface area contributed by atoms with Crippen molar-refractivity contribution in [1.82, 2.24) is 0 Å². The van der Waals surface area contributed by atoms with Gasteiger partial charge in [0.1, 0.15) is 30.8 Å². The van der Waals surface area contributed by atoms with Gasteiger partial charge in [0.05, 0.1) is 18.9 Å². The number of rotatable bonds is 9. The molecule has 0 saturated carbocycles. The van der Waals surface area contributed by atoms with Crippen LogP contribution in [0.2, 0.25) is 0 Å². The van der Waals surface area contributed by atoms with Crippen LogP contribution < -0.4 is 14.8 Å². The fraction of sp³-hybridized carbons (Fsp3) is 0.182. The number of ether oxygens (including phenoxy) is 3. The van der Waals surface area contributed by atoms with Crippen molar-refractivity contribution < 1.29 is 33.3 Å². The van der Waals surface area contributed by atoms with Crippen LogP contribution >= 0.6 is 0 Å². The summed E-state index contributed by atoms with van der Waals surface area (Å²) < 4.78 is 20.7. The second-order valence-corrected chi connectivity index (χ2v) is 6.25. The average Bonchev–Trinajstić information content (AvgIpc) is 3.32. The van der Waals surface area contributed by atoms with Crippen LogP contribution in [-0.4, -0.2) is 43.4 Å². The minimum absolute atomic E-state index is 0.0227. The van der Waals surface area contributed by atoms with Crippen molar-refractivity contribution >= 4 is 17.6 Å². The van der Waals surface area contributed by atoms with Gasteiger partial charge in [0, 0.05) is 5.69 Å². The molecule has 8 nitrogen and oxygen atoms in total. The van der Waals surface area contributed by atoms with Crippen LogP contribution in [0.3, 0.4) is 0 Å². The Hall–Kier alpha value is -3.78. The molecule has 2 aromatic carbocycles. The van der Waals surface area contributed by atoms with E-state index in [1.807, 2.05) is 0 Å². The van der Waals surface area contributed by atoms with Gasteiger partial charge < -0.3 is 29.1 Å². The highest BCUT2D eigenvalue weighted by Crippen LogP contribution is 2.17. The molecule has 1 atom stereocenters. The Labute approximate surface area is 173 Å². The summed E-state index contributed by atoms with van der Waals surface area (Å²) in [5.74, 6) is 0.492. The van der Waals surface area contributed by atoms with E-state index in [2.05, 4.69) is 10.1 Å². The largest absolute Gasteiger partial charge is 0.491 e. The van der Waals surface area contributed by atoms with E-state index in [4.69, 9.17) is 13.9 Å². The van der Waals surface area contributed by atoms with Gasteiger partial charge in [0.2, 0.25) is 0 Å². The van der Waals surface area contributed by atoms with Crippen LogP contribution in [0, 0.1) is 0 Å². The zero-order chi connectivity index (χ0) is 21.3. The quantitative estimate of drug-likeness (QED) is 0.521. The Balaban J connectivity index is 1.41. The lowest BCUT2D eigenvalue weighted by Gasteiger charge is -2.14. The summed E-state index contributed by atoms with van der Waals surface area (Å²) in [6.45, 7) is 0.0488. The van der Waals surface area contributed by atoms with E-state index in [0.717, 1.165) is 0 Å². The third-order valence-electron chi connectivity index (χ3n) is 4.02. The SMILES string of the molecule is COC(=O)c1ccc(OCC(O)COc2ccc(NC(=O)c3ccco3)cc2)cc1. The minimum Gasteiger partial charge on any atom is -0.491 e. The monoisotopic (exact) mass is 411 g/mol. The zero-order valence-electron chi connectivity index (χ0n) is 16.2. The number of hydrogen-bond donors (Lipinski definition) is 2. The first-order valence-corrected chi connectivity index (χ1v) is 9.12. The number of carbonyl (C=O) groups excluding carboxylic acids is 2. The van der Waals surface area contributed by atoms with Crippen molar-refractivity contribution in [3.63, 3.8) is 0 Å². The highest BCUT2D eigenvalue weighted by molar-refractivity contribution is 6.02. The van der Waals surface area contributed by atoms with E-state index in [-0.39, 0.29) is 24.9 Å². The van der Waals surface area contributed by atoms with Gasteiger partial charge in [-0.15, -0.1) is 0 Å². The molecule has 0 aliphatic rings. The zero-order valence-corrected chi connectivity index (χ0v) is 16.2. The highest BCUT2D eigenvalue weighted by atomic mass is 16.5. The van der Waals surface area contributed by atoms with Gasteiger partial charge in [-0.1, -0.05) is 0 Å². The van der Waals surface area contributed by atoms with Gasteiger partial charge in [0.25, 0.3) is 5.91 Å². The van der Waals surface area contributed by atoms with Crippen LogP contribution in [0.4, 0.5) is 5.69 Å². The van der Waals surface area contributed by atoms with Gasteiger partial charge >= 0.3 is 5.97 Å². The Morgan fingerprint density at radius 1 is 0.967 bits per heavy atom. The normalized spacial score (nSPS) is 11.4. The van der Waals surface area contributed by atoms with Crippen LogP contribution in [0.15, 0.2) is 71.3 Å². The molecule has 0 bridgehead atoms. The van der Waals surface area contributed by atoms with Crippen LogP contribution in [0.25, 0.3) is 0 Å². The third kappa shape index (κ3) is 5.86. The maximum atomic E-state index is 11.9. The first-order valence-electron chi connectivity index (χ1n) is 9.12. The predicted molar refractivity (Wildman–Crippen MR) is 108 cm³/mol. The number of aliphatic hydroxyl groups excluding tert-OH is 1. The van der Waals surface area contributed by atoms with Crippen molar-refractivity contribution in [2.75, 3.05) is 25.6 Å². The molecule has 0 aliphatic carbocycles. The number of amides is 1. The topological polar surface area (TPSA) is 107 Å². The fourth-order valence-corrected chi connectivity index (χ4v) is 2.47. The van der Waals surface area contributed by atoms with Crippen molar-refractivity contribution in [3.05, 3.63) is 78.3 Å². The number of furan rings is 1. The van der Waals surface area contributed by atoms with Crippen molar-refractivity contribution in [2.24, 2.45) is 0 Å². The molecule has 1 aromatic heterocycles. The van der Waals surface area contributed by atoms with Gasteiger partial charge in [-0.25, -0.2) is 4.79 Å². The van der Waals surface area contributed by atoms with Gasteiger partial charge in [-0.3, -0.25) is 4.79 Å². The summed E-state index contributed by atoms with van der Waals surface area (Å²) in [6, 6.07) is 16.3. The minimum atomic E-state index is -0.858. The molecule has 8 heteroatoms. The van der Waals surface area contributed by atoms with Gasteiger partial charge in [-0.2, -0.15) is 0 Å². The van der Waals surface area contributed by atoms with Crippen LogP contribution in [0.5, 0.6) is 11.5 Å². The summed E-state index contributed by atoms with van der Waals surface area (Å²) in [5, 5.41) is 12.7. The highest BCUT2D eigenvalue weighted by Gasteiger charge is 2.10. The number of anilines is 1. The first kappa shape index (κ1) is 20.9. The van der Waals surface area contributed by atoms with E-state index in [1.165, 1.54) is 13.4 Å². The number of nitrogens with one attached hydrogen (secondary N) is 1. The molecule has 0 fully saturated rings. The number of hydrogen-bond acceptors (Lipinski definition) is 7. The Bertz CT molecular complexity index is 950. The standard InChI is InChI=1S/C22H21NO7/c1-27-22(26)15-4-8-18(9-5-15)29-13-17(24)14-30-19-10-6-16(7-11-19)23-21(25)20-3-2-12-28-20/h2-12,17,24H,13-14H2,1H3,(H,23,25). The molecule has 1 heterocycles. The molecular weight excluding hydrogens is 390 g/mol. The predicted octanol–water partition coefficient (Wildman–Crippen LogP) is 3.14. The molecule has 0 radical (unpaired) electrons. The number of benzene rings is 2. The lowest BCUT2D eigenvalue weighted by molar-refractivity contribution is 0.0597. The number of methoxy groups -OCH3 is 1. The molecule has 30 heavy (non-hydrogen) atoms. The number of aliphatic hydroxyl groups is 1. The smallest absolute Gasteiger partial charge is 0.337 e. The van der Waals surface area contributed by atoms with E-state index in [0.29, 0.717) is 22.7 Å². The number of esters is 1. The van der Waals surface area contributed by atoms with E-state index in [9.17, 15) is 14.7 Å². The molecular formula is C22H21NO7. The van der Waals surface area contributed by atoms with E-state index < -0.39 is 12.1 Å². The summed E-state index contributed by atoms with van der Waals surface area (Å²) in [7, 11) is 1.31. The summed E-state index contributed by atoms with van der Waals surface area (Å²) in [6.07, 6.45) is 0.571. The molecule has 156 valence electrons. The van der Waals surface area contributed by atoms with Crippen molar-refractivity contribution in [2.45, 2.75) is 6.10 Å². The number of carbonyl (C=O) groups is 2. The first-order chi connectivity index (χ1) is 14.5. The summed E-state index contributed by atoms with van der Waals surface area (Å²) in [5.41, 5.74) is 1.00. The molecule has 0 saturated heterocycles.